The first kappa shape index (κ1) is 18.2. The summed E-state index contributed by atoms with van der Waals surface area (Å²) in [6.45, 7) is 4.38. The van der Waals surface area contributed by atoms with E-state index in [2.05, 4.69) is 58.5 Å². The highest BCUT2D eigenvalue weighted by Crippen LogP contribution is 2.29. The van der Waals surface area contributed by atoms with E-state index in [1.165, 1.54) is 10.9 Å². The lowest BCUT2D eigenvalue weighted by molar-refractivity contribution is 0.564. The molecule has 0 saturated carbocycles. The number of rotatable bonds is 5. The molecule has 0 bridgehead atoms. The van der Waals surface area contributed by atoms with Crippen molar-refractivity contribution in [2.45, 2.75) is 25.8 Å². The lowest BCUT2D eigenvalue weighted by atomic mass is 9.94. The molecule has 1 aromatic carbocycles. The van der Waals surface area contributed by atoms with Gasteiger partial charge in [0.1, 0.15) is 5.82 Å². The van der Waals surface area contributed by atoms with Gasteiger partial charge in [-0.05, 0) is 50.1 Å². The fourth-order valence-electron chi connectivity index (χ4n) is 3.82. The van der Waals surface area contributed by atoms with E-state index >= 15 is 0 Å². The van der Waals surface area contributed by atoms with Gasteiger partial charge in [-0.3, -0.25) is 9.97 Å². The highest BCUT2D eigenvalue weighted by atomic mass is 15.1. The van der Waals surface area contributed by atoms with E-state index in [0.29, 0.717) is 5.82 Å². The first-order chi connectivity index (χ1) is 14.6. The quantitative estimate of drug-likeness (QED) is 0.438. The molecule has 0 spiro atoms. The van der Waals surface area contributed by atoms with Crippen molar-refractivity contribution in [1.82, 2.24) is 24.9 Å². The normalized spacial score (nSPS) is 11.8. The third kappa shape index (κ3) is 3.48. The summed E-state index contributed by atoms with van der Waals surface area (Å²) >= 11 is 0. The first-order valence-corrected chi connectivity index (χ1v) is 9.94. The number of hydrogen-bond donors (Lipinski definition) is 2. The predicted molar refractivity (Wildman–Crippen MR) is 120 cm³/mol. The van der Waals surface area contributed by atoms with Gasteiger partial charge in [-0.25, -0.2) is 9.97 Å². The van der Waals surface area contributed by atoms with E-state index in [9.17, 15) is 0 Å². The number of benzene rings is 1. The van der Waals surface area contributed by atoms with Crippen LogP contribution in [-0.2, 0) is 6.42 Å². The van der Waals surface area contributed by atoms with Crippen LogP contribution in [0.1, 0.15) is 19.4 Å². The van der Waals surface area contributed by atoms with Gasteiger partial charge in [0.05, 0.1) is 11.7 Å². The Kier molecular flexibility index (Phi) is 4.39. The Bertz CT molecular complexity index is 1320. The second-order valence-corrected chi connectivity index (χ2v) is 8.07. The minimum atomic E-state index is -0.231. The van der Waals surface area contributed by atoms with E-state index < -0.39 is 0 Å². The molecule has 0 aliphatic carbocycles. The number of pyridine rings is 2. The molecule has 0 aliphatic heterocycles. The number of nitrogens with one attached hydrogen (secondary N) is 2. The average molecular weight is 394 g/mol. The SMILES string of the molecule is CC(C)(Cc1c[nH]c2ccccc12)Nc1nc(-c2ccncc2)nc2cnccc12. The van der Waals surface area contributed by atoms with Crippen molar-refractivity contribution in [3.8, 4) is 11.4 Å². The fraction of sp³-hybridized carbons (Fsp3) is 0.167. The molecule has 2 N–H and O–H groups in total. The van der Waals surface area contributed by atoms with Gasteiger partial charge in [-0.1, -0.05) is 18.2 Å². The Hall–Kier alpha value is -3.80. The molecule has 0 atom stereocenters. The zero-order valence-electron chi connectivity index (χ0n) is 16.9. The minimum Gasteiger partial charge on any atom is -0.364 e. The van der Waals surface area contributed by atoms with Crippen LogP contribution in [0.25, 0.3) is 33.2 Å². The molecular weight excluding hydrogens is 372 g/mol. The summed E-state index contributed by atoms with van der Waals surface area (Å²) < 4.78 is 0. The minimum absolute atomic E-state index is 0.231. The summed E-state index contributed by atoms with van der Waals surface area (Å²) in [7, 11) is 0. The molecule has 4 heterocycles. The molecule has 6 heteroatoms. The molecule has 5 aromatic rings. The second kappa shape index (κ2) is 7.22. The second-order valence-electron chi connectivity index (χ2n) is 8.07. The molecule has 30 heavy (non-hydrogen) atoms. The standard InChI is InChI=1S/C24H22N6/c1-24(2,13-17-14-27-20-6-4-3-5-18(17)20)30-23-19-9-12-26-15-21(19)28-22(29-23)16-7-10-25-11-8-16/h3-12,14-15,27H,13H2,1-2H3,(H,28,29,30). The predicted octanol–water partition coefficient (Wildman–Crippen LogP) is 5.00. The maximum absolute atomic E-state index is 4.86. The van der Waals surface area contributed by atoms with E-state index in [1.54, 1.807) is 24.8 Å². The van der Waals surface area contributed by atoms with Crippen LogP contribution in [0.15, 0.2) is 73.4 Å². The number of nitrogens with zero attached hydrogens (tertiary/aromatic N) is 4. The number of anilines is 1. The summed E-state index contributed by atoms with van der Waals surface area (Å²) in [4.78, 5) is 21.3. The molecule has 0 radical (unpaired) electrons. The van der Waals surface area contributed by atoms with Crippen molar-refractivity contribution in [2.75, 3.05) is 5.32 Å². The van der Waals surface area contributed by atoms with Crippen molar-refractivity contribution in [3.63, 3.8) is 0 Å². The van der Waals surface area contributed by atoms with Crippen LogP contribution < -0.4 is 5.32 Å². The monoisotopic (exact) mass is 394 g/mol. The average Bonchev–Trinajstić information content (AvgIpc) is 3.16. The molecule has 0 fully saturated rings. The third-order valence-corrected chi connectivity index (χ3v) is 5.20. The lowest BCUT2D eigenvalue weighted by Gasteiger charge is -2.27. The van der Waals surface area contributed by atoms with E-state index in [-0.39, 0.29) is 5.54 Å². The number of para-hydroxylation sites is 1. The molecule has 6 nitrogen and oxygen atoms in total. The highest BCUT2D eigenvalue weighted by molar-refractivity contribution is 5.90. The fourth-order valence-corrected chi connectivity index (χ4v) is 3.82. The van der Waals surface area contributed by atoms with E-state index in [0.717, 1.165) is 34.2 Å². The topological polar surface area (TPSA) is 79.4 Å². The van der Waals surface area contributed by atoms with Crippen LogP contribution in [0.2, 0.25) is 0 Å². The third-order valence-electron chi connectivity index (χ3n) is 5.20. The molecule has 4 aromatic heterocycles. The number of hydrogen-bond acceptors (Lipinski definition) is 5. The van der Waals surface area contributed by atoms with Crippen molar-refractivity contribution >= 4 is 27.6 Å². The Labute approximate surface area is 174 Å². The van der Waals surface area contributed by atoms with Gasteiger partial charge in [0, 0.05) is 52.2 Å². The molecule has 148 valence electrons. The van der Waals surface area contributed by atoms with Crippen molar-refractivity contribution in [3.05, 3.63) is 79.0 Å². The lowest BCUT2D eigenvalue weighted by Crippen LogP contribution is -2.34. The van der Waals surface area contributed by atoms with Crippen LogP contribution in [0.4, 0.5) is 5.82 Å². The van der Waals surface area contributed by atoms with Crippen LogP contribution in [0, 0.1) is 0 Å². The Morgan fingerprint density at radius 1 is 0.900 bits per heavy atom. The summed E-state index contributed by atoms with van der Waals surface area (Å²) in [5, 5.41) is 5.87. The zero-order valence-corrected chi connectivity index (χ0v) is 16.9. The van der Waals surface area contributed by atoms with E-state index in [4.69, 9.17) is 9.97 Å². The number of fused-ring (bicyclic) bond motifs is 2. The van der Waals surface area contributed by atoms with Crippen molar-refractivity contribution in [1.29, 1.82) is 0 Å². The van der Waals surface area contributed by atoms with Crippen LogP contribution in [0.3, 0.4) is 0 Å². The van der Waals surface area contributed by atoms with Gasteiger partial charge in [0.25, 0.3) is 0 Å². The van der Waals surface area contributed by atoms with Gasteiger partial charge < -0.3 is 10.3 Å². The smallest absolute Gasteiger partial charge is 0.162 e. The van der Waals surface area contributed by atoms with Gasteiger partial charge in [-0.15, -0.1) is 0 Å². The van der Waals surface area contributed by atoms with Gasteiger partial charge in [0.2, 0.25) is 0 Å². The molecule has 0 saturated heterocycles. The maximum Gasteiger partial charge on any atom is 0.162 e. The molecule has 0 unspecified atom stereocenters. The van der Waals surface area contributed by atoms with Crippen LogP contribution in [0.5, 0.6) is 0 Å². The van der Waals surface area contributed by atoms with Crippen LogP contribution in [-0.4, -0.2) is 30.5 Å². The van der Waals surface area contributed by atoms with Gasteiger partial charge >= 0.3 is 0 Å². The van der Waals surface area contributed by atoms with Gasteiger partial charge in [0.15, 0.2) is 5.82 Å². The van der Waals surface area contributed by atoms with Crippen molar-refractivity contribution in [2.24, 2.45) is 0 Å². The molecule has 5 rings (SSSR count). The Balaban J connectivity index is 1.53. The summed E-state index contributed by atoms with van der Waals surface area (Å²) in [6.07, 6.45) is 9.99. The molecule has 0 amide bonds. The summed E-state index contributed by atoms with van der Waals surface area (Å²) in [5.74, 6) is 1.46. The largest absolute Gasteiger partial charge is 0.364 e. The number of aromatic amines is 1. The maximum atomic E-state index is 4.86. The van der Waals surface area contributed by atoms with E-state index in [1.807, 2.05) is 24.3 Å². The first-order valence-electron chi connectivity index (χ1n) is 9.94. The van der Waals surface area contributed by atoms with Crippen LogP contribution >= 0.6 is 0 Å². The summed E-state index contributed by atoms with van der Waals surface area (Å²) in [6, 6.07) is 14.2. The molecular formula is C24H22N6. The number of aromatic nitrogens is 5. The van der Waals surface area contributed by atoms with Gasteiger partial charge in [-0.2, -0.15) is 0 Å². The Morgan fingerprint density at radius 3 is 2.57 bits per heavy atom. The zero-order chi connectivity index (χ0) is 20.6. The number of H-pyrrole nitrogens is 1. The molecule has 0 aliphatic rings. The van der Waals surface area contributed by atoms with Crippen molar-refractivity contribution < 1.29 is 0 Å². The summed E-state index contributed by atoms with van der Waals surface area (Å²) in [5.41, 5.74) is 3.93. The highest BCUT2D eigenvalue weighted by Gasteiger charge is 2.22. The Morgan fingerprint density at radius 2 is 1.70 bits per heavy atom.